The number of sulfone groups is 1. The smallest absolute Gasteiger partial charge is 0.309 e. The number of amides is 1. The fraction of sp³-hybridized carbons (Fsp3) is 0.652. The topological polar surface area (TPSA) is 99.2 Å². The molecule has 1 atom stereocenters. The molecule has 1 heterocycles. The third-order valence-electron chi connectivity index (χ3n) is 5.92. The first-order valence-corrected chi connectivity index (χ1v) is 13.2. The summed E-state index contributed by atoms with van der Waals surface area (Å²) in [6.07, 6.45) is 5.38. The summed E-state index contributed by atoms with van der Waals surface area (Å²) in [7, 11) is -3.11. The summed E-state index contributed by atoms with van der Waals surface area (Å²) in [6.45, 7) is 2.26. The Hall–Kier alpha value is -2.29. The van der Waals surface area contributed by atoms with E-state index in [9.17, 15) is 18.0 Å². The van der Waals surface area contributed by atoms with Crippen molar-refractivity contribution in [2.24, 2.45) is 0 Å². The van der Waals surface area contributed by atoms with Crippen molar-refractivity contribution in [1.82, 2.24) is 4.90 Å². The molecule has 1 saturated carbocycles. The van der Waals surface area contributed by atoms with Gasteiger partial charge in [-0.25, -0.2) is 8.42 Å². The molecule has 0 spiro atoms. The van der Waals surface area contributed by atoms with Crippen LogP contribution in [0.1, 0.15) is 51.9 Å². The lowest BCUT2D eigenvalue weighted by Gasteiger charge is -2.38. The molecule has 8 nitrogen and oxygen atoms in total. The van der Waals surface area contributed by atoms with Crippen molar-refractivity contribution >= 4 is 21.7 Å². The number of esters is 1. The number of nitrogens with zero attached hydrogens (tertiary/aromatic N) is 1. The predicted molar refractivity (Wildman–Crippen MR) is 119 cm³/mol. The molecule has 0 radical (unpaired) electrons. The van der Waals surface area contributed by atoms with Gasteiger partial charge in [0.1, 0.15) is 11.5 Å². The molecular weight excluding hydrogens is 434 g/mol. The molecule has 3 rings (SSSR count). The van der Waals surface area contributed by atoms with Crippen LogP contribution >= 0.6 is 0 Å². The summed E-state index contributed by atoms with van der Waals surface area (Å²) in [6, 6.07) is 6.81. The predicted octanol–water partition coefficient (Wildman–Crippen LogP) is 2.75. The SMILES string of the molecule is CCOc1ccc(OCCC(=O)OCC(=O)N(C2CCCCC2)C2CCS(=O)(=O)C2)cc1. The molecule has 0 aromatic heterocycles. The second-order valence-electron chi connectivity index (χ2n) is 8.31. The lowest BCUT2D eigenvalue weighted by Crippen LogP contribution is -2.50. The van der Waals surface area contributed by atoms with Crippen molar-refractivity contribution < 1.29 is 32.2 Å². The fourth-order valence-corrected chi connectivity index (χ4v) is 6.11. The fourth-order valence-electron chi connectivity index (χ4n) is 4.40. The van der Waals surface area contributed by atoms with E-state index in [-0.39, 0.29) is 49.1 Å². The molecule has 1 aromatic rings. The van der Waals surface area contributed by atoms with Crippen LogP contribution in [0.25, 0.3) is 0 Å². The first-order valence-electron chi connectivity index (χ1n) is 11.4. The largest absolute Gasteiger partial charge is 0.494 e. The molecule has 1 amide bonds. The molecule has 32 heavy (non-hydrogen) atoms. The van der Waals surface area contributed by atoms with Crippen LogP contribution in [0, 0.1) is 0 Å². The van der Waals surface area contributed by atoms with Crippen LogP contribution in [0.4, 0.5) is 0 Å². The van der Waals surface area contributed by atoms with E-state index in [2.05, 4.69) is 0 Å². The summed E-state index contributed by atoms with van der Waals surface area (Å²) >= 11 is 0. The Labute approximate surface area is 190 Å². The average molecular weight is 468 g/mol. The highest BCUT2D eigenvalue weighted by molar-refractivity contribution is 7.91. The first kappa shape index (κ1) is 24.4. The van der Waals surface area contributed by atoms with E-state index in [0.717, 1.165) is 37.9 Å². The highest BCUT2D eigenvalue weighted by Gasteiger charge is 2.38. The zero-order chi connectivity index (χ0) is 23.0. The van der Waals surface area contributed by atoms with E-state index in [1.165, 1.54) is 0 Å². The minimum absolute atomic E-state index is 0.000881. The van der Waals surface area contributed by atoms with Gasteiger partial charge in [-0.05, 0) is 50.5 Å². The van der Waals surface area contributed by atoms with E-state index in [0.29, 0.717) is 18.8 Å². The van der Waals surface area contributed by atoms with Crippen LogP contribution in [-0.2, 0) is 24.2 Å². The van der Waals surface area contributed by atoms with Gasteiger partial charge in [-0.3, -0.25) is 9.59 Å². The Kier molecular flexibility index (Phi) is 8.78. The zero-order valence-electron chi connectivity index (χ0n) is 18.7. The molecule has 1 saturated heterocycles. The minimum Gasteiger partial charge on any atom is -0.494 e. The van der Waals surface area contributed by atoms with E-state index < -0.39 is 15.8 Å². The Bertz CT molecular complexity index is 863. The van der Waals surface area contributed by atoms with Gasteiger partial charge in [-0.1, -0.05) is 19.3 Å². The summed E-state index contributed by atoms with van der Waals surface area (Å²) in [5.41, 5.74) is 0. The zero-order valence-corrected chi connectivity index (χ0v) is 19.5. The number of rotatable bonds is 10. The highest BCUT2D eigenvalue weighted by atomic mass is 32.2. The summed E-state index contributed by atoms with van der Waals surface area (Å²) < 4.78 is 40.0. The Morgan fingerprint density at radius 3 is 2.22 bits per heavy atom. The number of carbonyl (C=O) groups is 2. The lowest BCUT2D eigenvalue weighted by molar-refractivity contribution is -0.154. The number of benzene rings is 1. The van der Waals surface area contributed by atoms with Gasteiger partial charge >= 0.3 is 5.97 Å². The van der Waals surface area contributed by atoms with Gasteiger partial charge in [-0.2, -0.15) is 0 Å². The number of ether oxygens (including phenoxy) is 3. The summed E-state index contributed by atoms with van der Waals surface area (Å²) in [5.74, 6) is 0.640. The monoisotopic (exact) mass is 467 g/mol. The van der Waals surface area contributed by atoms with Crippen molar-refractivity contribution in [3.8, 4) is 11.5 Å². The van der Waals surface area contributed by atoms with Crippen molar-refractivity contribution in [3.63, 3.8) is 0 Å². The maximum absolute atomic E-state index is 12.9. The minimum atomic E-state index is -3.11. The number of carbonyl (C=O) groups excluding carboxylic acids is 2. The summed E-state index contributed by atoms with van der Waals surface area (Å²) in [4.78, 5) is 26.7. The molecule has 0 N–H and O–H groups in total. The lowest BCUT2D eigenvalue weighted by atomic mass is 9.93. The maximum Gasteiger partial charge on any atom is 0.309 e. The quantitative estimate of drug-likeness (QED) is 0.488. The number of hydrogen-bond donors (Lipinski definition) is 0. The summed E-state index contributed by atoms with van der Waals surface area (Å²) in [5, 5.41) is 0. The van der Waals surface area contributed by atoms with Crippen LogP contribution in [0.2, 0.25) is 0 Å². The molecule has 1 aliphatic carbocycles. The van der Waals surface area contributed by atoms with Gasteiger partial charge in [0.05, 0.1) is 31.1 Å². The molecule has 1 unspecified atom stereocenters. The molecule has 0 bridgehead atoms. The molecular formula is C23H33NO7S. The van der Waals surface area contributed by atoms with E-state index >= 15 is 0 Å². The van der Waals surface area contributed by atoms with Gasteiger partial charge in [0.15, 0.2) is 16.4 Å². The maximum atomic E-state index is 12.9. The average Bonchev–Trinajstić information content (AvgIpc) is 3.13. The Morgan fingerprint density at radius 2 is 1.62 bits per heavy atom. The molecule has 2 aliphatic rings. The van der Waals surface area contributed by atoms with E-state index in [1.54, 1.807) is 29.2 Å². The van der Waals surface area contributed by atoms with Crippen molar-refractivity contribution in [2.45, 2.75) is 64.0 Å². The van der Waals surface area contributed by atoms with Gasteiger partial charge < -0.3 is 19.1 Å². The van der Waals surface area contributed by atoms with Gasteiger partial charge in [-0.15, -0.1) is 0 Å². The van der Waals surface area contributed by atoms with Crippen LogP contribution in [0.15, 0.2) is 24.3 Å². The standard InChI is InChI=1S/C23H33NO7S/c1-2-29-20-8-10-21(11-9-20)30-14-12-23(26)31-16-22(25)24(18-6-4-3-5-7-18)19-13-15-32(27,28)17-19/h8-11,18-19H,2-7,12-17H2,1H3. The Balaban J connectivity index is 1.46. The first-order chi connectivity index (χ1) is 15.4. The second-order valence-corrected chi connectivity index (χ2v) is 10.5. The Morgan fingerprint density at radius 1 is 0.969 bits per heavy atom. The molecule has 9 heteroatoms. The van der Waals surface area contributed by atoms with Crippen molar-refractivity contribution in [2.75, 3.05) is 31.3 Å². The molecule has 2 fully saturated rings. The van der Waals surface area contributed by atoms with E-state index in [1.807, 2.05) is 6.92 Å². The van der Waals surface area contributed by atoms with Crippen LogP contribution in [0.3, 0.4) is 0 Å². The second kappa shape index (κ2) is 11.5. The van der Waals surface area contributed by atoms with Crippen LogP contribution in [0.5, 0.6) is 11.5 Å². The van der Waals surface area contributed by atoms with Crippen molar-refractivity contribution in [3.05, 3.63) is 24.3 Å². The number of hydrogen-bond acceptors (Lipinski definition) is 7. The highest BCUT2D eigenvalue weighted by Crippen LogP contribution is 2.28. The third-order valence-corrected chi connectivity index (χ3v) is 7.67. The molecule has 1 aliphatic heterocycles. The van der Waals surface area contributed by atoms with Gasteiger partial charge in [0, 0.05) is 12.1 Å². The normalized spacial score (nSPS) is 20.5. The van der Waals surface area contributed by atoms with Gasteiger partial charge in [0.25, 0.3) is 5.91 Å². The van der Waals surface area contributed by atoms with Crippen LogP contribution < -0.4 is 9.47 Å². The van der Waals surface area contributed by atoms with E-state index in [4.69, 9.17) is 14.2 Å². The molecule has 178 valence electrons. The third kappa shape index (κ3) is 7.12. The van der Waals surface area contributed by atoms with Gasteiger partial charge in [0.2, 0.25) is 0 Å². The molecule has 1 aromatic carbocycles. The van der Waals surface area contributed by atoms with Crippen molar-refractivity contribution in [1.29, 1.82) is 0 Å². The van der Waals surface area contributed by atoms with Crippen LogP contribution in [-0.4, -0.2) is 68.6 Å².